The fourth-order valence-corrected chi connectivity index (χ4v) is 2.80. The third-order valence-corrected chi connectivity index (χ3v) is 4.39. The minimum Gasteiger partial charge on any atom is -0.357 e. The van der Waals surface area contributed by atoms with Crippen molar-refractivity contribution in [2.24, 2.45) is 4.99 Å². The highest BCUT2D eigenvalue weighted by Crippen LogP contribution is 2.10. The van der Waals surface area contributed by atoms with Crippen LogP contribution in [0.1, 0.15) is 35.7 Å². The molecule has 0 spiro atoms. The Kier molecular flexibility index (Phi) is 6.40. The lowest BCUT2D eigenvalue weighted by Gasteiger charge is -2.10. The summed E-state index contributed by atoms with van der Waals surface area (Å²) in [6.07, 6.45) is 0.992. The molecule has 0 atom stereocenters. The molecule has 1 aromatic heterocycles. The predicted octanol–water partition coefficient (Wildman–Crippen LogP) is 3.27. The van der Waals surface area contributed by atoms with Crippen LogP contribution in [0.2, 0.25) is 0 Å². The molecule has 5 heteroatoms. The monoisotopic (exact) mass is 316 g/mol. The van der Waals surface area contributed by atoms with Crippen molar-refractivity contribution in [2.75, 3.05) is 6.54 Å². The molecule has 0 aliphatic heterocycles. The summed E-state index contributed by atoms with van der Waals surface area (Å²) in [6.45, 7) is 8.55. The molecule has 118 valence electrons. The van der Waals surface area contributed by atoms with Gasteiger partial charge in [-0.3, -0.25) is 0 Å². The summed E-state index contributed by atoms with van der Waals surface area (Å²) in [5, 5.41) is 9.91. The van der Waals surface area contributed by atoms with Crippen LogP contribution >= 0.6 is 11.3 Å². The first-order valence-corrected chi connectivity index (χ1v) is 8.60. The van der Waals surface area contributed by atoms with Gasteiger partial charge in [-0.25, -0.2) is 9.98 Å². The maximum Gasteiger partial charge on any atom is 0.191 e. The highest BCUT2D eigenvalue weighted by atomic mass is 32.1. The molecular formula is C17H24N4S. The number of nitrogens with zero attached hydrogens (tertiary/aromatic N) is 2. The van der Waals surface area contributed by atoms with Gasteiger partial charge in [-0.1, -0.05) is 31.2 Å². The van der Waals surface area contributed by atoms with Gasteiger partial charge in [-0.2, -0.15) is 0 Å². The van der Waals surface area contributed by atoms with Gasteiger partial charge in [-0.05, 0) is 31.4 Å². The van der Waals surface area contributed by atoms with Gasteiger partial charge in [0.05, 0.1) is 23.8 Å². The molecule has 0 fully saturated rings. The number of aromatic nitrogens is 1. The first kappa shape index (κ1) is 16.5. The number of nitrogens with one attached hydrogen (secondary N) is 2. The maximum absolute atomic E-state index is 4.66. The lowest BCUT2D eigenvalue weighted by molar-refractivity contribution is 0.799. The molecule has 0 amide bonds. The van der Waals surface area contributed by atoms with Crippen LogP contribution in [0, 0.1) is 6.92 Å². The Morgan fingerprint density at radius 3 is 2.73 bits per heavy atom. The molecule has 0 aliphatic carbocycles. The summed E-state index contributed by atoms with van der Waals surface area (Å²) in [4.78, 5) is 9.22. The summed E-state index contributed by atoms with van der Waals surface area (Å²) < 4.78 is 0. The van der Waals surface area contributed by atoms with Gasteiger partial charge in [0.1, 0.15) is 0 Å². The van der Waals surface area contributed by atoms with Crippen LogP contribution in [0.5, 0.6) is 0 Å². The summed E-state index contributed by atoms with van der Waals surface area (Å²) in [6, 6.07) is 8.35. The van der Waals surface area contributed by atoms with Gasteiger partial charge >= 0.3 is 0 Å². The lowest BCUT2D eigenvalue weighted by Crippen LogP contribution is -2.36. The van der Waals surface area contributed by atoms with Crippen LogP contribution in [-0.4, -0.2) is 17.5 Å². The predicted molar refractivity (Wildman–Crippen MR) is 94.3 cm³/mol. The molecule has 0 radical (unpaired) electrons. The first-order valence-electron chi connectivity index (χ1n) is 7.72. The molecule has 1 heterocycles. The van der Waals surface area contributed by atoms with Gasteiger partial charge in [0.15, 0.2) is 5.96 Å². The van der Waals surface area contributed by atoms with Gasteiger partial charge < -0.3 is 10.6 Å². The zero-order chi connectivity index (χ0) is 15.8. The molecule has 2 rings (SSSR count). The molecule has 0 unspecified atom stereocenters. The number of aliphatic imine (C=N–C) groups is 1. The van der Waals surface area contributed by atoms with Gasteiger partial charge in [0.25, 0.3) is 0 Å². The van der Waals surface area contributed by atoms with Crippen LogP contribution in [0.25, 0.3) is 0 Å². The van der Waals surface area contributed by atoms with Gasteiger partial charge in [-0.15, -0.1) is 11.3 Å². The third kappa shape index (κ3) is 4.84. The highest BCUT2D eigenvalue weighted by Gasteiger charge is 2.03. The van der Waals surface area contributed by atoms with Crippen molar-refractivity contribution in [2.45, 2.75) is 40.3 Å². The van der Waals surface area contributed by atoms with E-state index < -0.39 is 0 Å². The lowest BCUT2D eigenvalue weighted by atomic mass is 10.1. The Bertz CT molecular complexity index is 619. The Morgan fingerprint density at radius 2 is 2.05 bits per heavy atom. The number of thiazole rings is 1. The highest BCUT2D eigenvalue weighted by molar-refractivity contribution is 7.09. The smallest absolute Gasteiger partial charge is 0.191 e. The average Bonchev–Trinajstić information content (AvgIpc) is 2.99. The largest absolute Gasteiger partial charge is 0.357 e. The SMILES string of the molecule is CCNC(=NCc1ccccc1C)NCc1csc(CC)n1. The fraction of sp³-hybridized carbons (Fsp3) is 0.412. The molecule has 22 heavy (non-hydrogen) atoms. The zero-order valence-corrected chi connectivity index (χ0v) is 14.3. The van der Waals surface area contributed by atoms with E-state index >= 15 is 0 Å². The zero-order valence-electron chi connectivity index (χ0n) is 13.5. The van der Waals surface area contributed by atoms with E-state index in [1.165, 1.54) is 16.1 Å². The Labute approximate surface area is 136 Å². The molecule has 0 bridgehead atoms. The molecule has 0 aliphatic rings. The Balaban J connectivity index is 1.96. The standard InChI is InChI=1S/C17H24N4S/c1-4-16-21-15(12-22-16)11-20-17(18-5-2)19-10-14-9-7-6-8-13(14)3/h6-9,12H,4-5,10-11H2,1-3H3,(H2,18,19,20). The number of hydrogen-bond donors (Lipinski definition) is 2. The topological polar surface area (TPSA) is 49.3 Å². The minimum absolute atomic E-state index is 0.680. The number of hydrogen-bond acceptors (Lipinski definition) is 3. The molecule has 2 N–H and O–H groups in total. The van der Waals surface area contributed by atoms with Crippen LogP contribution in [0.4, 0.5) is 0 Å². The van der Waals surface area contributed by atoms with E-state index in [2.05, 4.69) is 71.0 Å². The van der Waals surface area contributed by atoms with E-state index in [4.69, 9.17) is 0 Å². The van der Waals surface area contributed by atoms with E-state index in [1.54, 1.807) is 11.3 Å². The number of benzene rings is 1. The van der Waals surface area contributed by atoms with Crippen molar-refractivity contribution in [3.8, 4) is 0 Å². The van der Waals surface area contributed by atoms with Crippen molar-refractivity contribution in [1.29, 1.82) is 0 Å². The Morgan fingerprint density at radius 1 is 1.23 bits per heavy atom. The van der Waals surface area contributed by atoms with Crippen molar-refractivity contribution >= 4 is 17.3 Å². The van der Waals surface area contributed by atoms with Crippen LogP contribution < -0.4 is 10.6 Å². The van der Waals surface area contributed by atoms with Crippen molar-refractivity contribution in [3.05, 3.63) is 51.5 Å². The maximum atomic E-state index is 4.66. The molecule has 1 aromatic carbocycles. The fourth-order valence-electron chi connectivity index (χ4n) is 2.06. The van der Waals surface area contributed by atoms with E-state index in [-0.39, 0.29) is 0 Å². The van der Waals surface area contributed by atoms with Gasteiger partial charge in [0.2, 0.25) is 0 Å². The minimum atomic E-state index is 0.680. The quantitative estimate of drug-likeness (QED) is 0.635. The van der Waals surface area contributed by atoms with Crippen LogP contribution in [-0.2, 0) is 19.5 Å². The number of aryl methyl sites for hydroxylation is 2. The van der Waals surface area contributed by atoms with Crippen LogP contribution in [0.15, 0.2) is 34.6 Å². The first-order chi connectivity index (χ1) is 10.7. The second-order valence-electron chi connectivity index (χ2n) is 5.06. The summed E-state index contributed by atoms with van der Waals surface area (Å²) in [7, 11) is 0. The summed E-state index contributed by atoms with van der Waals surface area (Å²) >= 11 is 1.72. The van der Waals surface area contributed by atoms with E-state index in [0.29, 0.717) is 13.1 Å². The molecule has 0 saturated heterocycles. The Hall–Kier alpha value is -1.88. The van der Waals surface area contributed by atoms with Crippen LogP contribution in [0.3, 0.4) is 0 Å². The van der Waals surface area contributed by atoms with E-state index in [1.807, 2.05) is 0 Å². The normalized spacial score (nSPS) is 11.5. The molecular weight excluding hydrogens is 292 g/mol. The van der Waals surface area contributed by atoms with E-state index in [9.17, 15) is 0 Å². The molecule has 4 nitrogen and oxygen atoms in total. The average molecular weight is 316 g/mol. The number of rotatable bonds is 6. The summed E-state index contributed by atoms with van der Waals surface area (Å²) in [5.74, 6) is 0.830. The van der Waals surface area contributed by atoms with Crippen molar-refractivity contribution in [3.63, 3.8) is 0 Å². The second-order valence-corrected chi connectivity index (χ2v) is 6.00. The van der Waals surface area contributed by atoms with E-state index in [0.717, 1.165) is 24.6 Å². The van der Waals surface area contributed by atoms with Crippen molar-refractivity contribution in [1.82, 2.24) is 15.6 Å². The number of guanidine groups is 1. The summed E-state index contributed by atoms with van der Waals surface area (Å²) in [5.41, 5.74) is 3.60. The molecule has 0 saturated carbocycles. The molecule has 2 aromatic rings. The van der Waals surface area contributed by atoms with Crippen molar-refractivity contribution < 1.29 is 0 Å². The third-order valence-electron chi connectivity index (χ3n) is 3.35. The second kappa shape index (κ2) is 8.54. The van der Waals surface area contributed by atoms with Gasteiger partial charge in [0, 0.05) is 11.9 Å².